The van der Waals surface area contributed by atoms with Gasteiger partial charge in [0, 0.05) is 0 Å². The lowest BCUT2D eigenvalue weighted by molar-refractivity contribution is 0.155. The second kappa shape index (κ2) is 12.2. The first-order chi connectivity index (χ1) is 14.6. The fourth-order valence-electron chi connectivity index (χ4n) is 6.27. The van der Waals surface area contributed by atoms with E-state index < -0.39 is 11.6 Å². The minimum atomic E-state index is -0.593. The summed E-state index contributed by atoms with van der Waals surface area (Å²) in [5, 5.41) is 0. The Morgan fingerprint density at radius 2 is 1.33 bits per heavy atom. The zero-order valence-corrected chi connectivity index (χ0v) is 19.5. The van der Waals surface area contributed by atoms with Crippen molar-refractivity contribution in [3.8, 4) is 0 Å². The molecule has 0 N–H and O–H groups in total. The van der Waals surface area contributed by atoms with Crippen molar-refractivity contribution in [3.63, 3.8) is 0 Å². The standard InChI is InChI=1S/C28H44F2/c1-3-5-6-7-8-10-21-11-13-22(14-12-21)23-15-17-24(18-16-23)26-20-19-25(9-4-2)27(29)28(26)30/h19-24H,3-18H2,1-2H3. The molecule has 0 atom stereocenters. The maximum absolute atomic E-state index is 14.7. The van der Waals surface area contributed by atoms with Gasteiger partial charge in [-0.1, -0.05) is 83.8 Å². The number of halogens is 2. The maximum atomic E-state index is 14.7. The molecule has 2 fully saturated rings. The summed E-state index contributed by atoms with van der Waals surface area (Å²) in [5.41, 5.74) is 1.17. The maximum Gasteiger partial charge on any atom is 0.162 e. The van der Waals surface area contributed by atoms with Gasteiger partial charge in [-0.25, -0.2) is 8.78 Å². The summed E-state index contributed by atoms with van der Waals surface area (Å²) in [7, 11) is 0. The van der Waals surface area contributed by atoms with E-state index in [1.54, 1.807) is 0 Å². The number of benzene rings is 1. The summed E-state index contributed by atoms with van der Waals surface area (Å²) >= 11 is 0. The van der Waals surface area contributed by atoms with Crippen molar-refractivity contribution in [1.29, 1.82) is 0 Å². The van der Waals surface area contributed by atoms with Crippen LogP contribution in [0.4, 0.5) is 8.78 Å². The molecule has 2 saturated carbocycles. The summed E-state index contributed by atoms with van der Waals surface area (Å²) in [6.07, 6.45) is 20.1. The predicted molar refractivity (Wildman–Crippen MR) is 124 cm³/mol. The van der Waals surface area contributed by atoms with E-state index in [4.69, 9.17) is 0 Å². The Kier molecular flexibility index (Phi) is 9.65. The van der Waals surface area contributed by atoms with Crippen LogP contribution in [-0.4, -0.2) is 0 Å². The van der Waals surface area contributed by atoms with Gasteiger partial charge < -0.3 is 0 Å². The van der Waals surface area contributed by atoms with Gasteiger partial charge in [-0.15, -0.1) is 0 Å². The molecule has 170 valence electrons. The molecule has 0 heterocycles. The van der Waals surface area contributed by atoms with Gasteiger partial charge in [-0.3, -0.25) is 0 Å². The summed E-state index contributed by atoms with van der Waals surface area (Å²) in [6.45, 7) is 4.29. The first-order valence-corrected chi connectivity index (χ1v) is 13.1. The Labute approximate surface area is 184 Å². The van der Waals surface area contributed by atoms with Crippen LogP contribution in [0.3, 0.4) is 0 Å². The molecule has 0 aliphatic heterocycles. The van der Waals surface area contributed by atoms with Gasteiger partial charge in [-0.2, -0.15) is 0 Å². The summed E-state index contributed by atoms with van der Waals surface area (Å²) in [4.78, 5) is 0. The van der Waals surface area contributed by atoms with Crippen LogP contribution >= 0.6 is 0 Å². The predicted octanol–water partition coefficient (Wildman–Crippen LogP) is 9.36. The average molecular weight is 419 g/mol. The topological polar surface area (TPSA) is 0 Å². The normalized spacial score (nSPS) is 27.3. The molecule has 0 unspecified atom stereocenters. The molecule has 2 heteroatoms. The molecule has 3 rings (SSSR count). The van der Waals surface area contributed by atoms with E-state index in [-0.39, 0.29) is 5.92 Å². The average Bonchev–Trinajstić information content (AvgIpc) is 2.78. The van der Waals surface area contributed by atoms with E-state index in [0.717, 1.165) is 37.0 Å². The van der Waals surface area contributed by atoms with Gasteiger partial charge in [0.15, 0.2) is 11.6 Å². The SMILES string of the molecule is CCCCCCCC1CCC(C2CCC(c3ccc(CCC)c(F)c3F)CC2)CC1. The number of rotatable bonds is 10. The fraction of sp³-hybridized carbons (Fsp3) is 0.786. The fourth-order valence-corrected chi connectivity index (χ4v) is 6.27. The van der Waals surface area contributed by atoms with Crippen LogP contribution in [0.1, 0.15) is 127 Å². The van der Waals surface area contributed by atoms with E-state index in [9.17, 15) is 8.78 Å². The first kappa shape index (κ1) is 23.7. The van der Waals surface area contributed by atoms with Gasteiger partial charge in [-0.05, 0) is 79.7 Å². The Hall–Kier alpha value is -0.920. The van der Waals surface area contributed by atoms with E-state index in [2.05, 4.69) is 6.92 Å². The van der Waals surface area contributed by atoms with Crippen molar-refractivity contribution in [2.75, 3.05) is 0 Å². The molecule has 0 bridgehead atoms. The lowest BCUT2D eigenvalue weighted by Gasteiger charge is -2.38. The van der Waals surface area contributed by atoms with Crippen molar-refractivity contribution >= 4 is 0 Å². The minimum Gasteiger partial charge on any atom is -0.203 e. The largest absolute Gasteiger partial charge is 0.203 e. The minimum absolute atomic E-state index is 0.214. The highest BCUT2D eigenvalue weighted by Crippen LogP contribution is 2.45. The van der Waals surface area contributed by atoms with Crippen molar-refractivity contribution in [2.45, 2.75) is 122 Å². The first-order valence-electron chi connectivity index (χ1n) is 13.1. The van der Waals surface area contributed by atoms with Crippen molar-refractivity contribution < 1.29 is 8.78 Å². The van der Waals surface area contributed by atoms with Crippen LogP contribution in [0.5, 0.6) is 0 Å². The lowest BCUT2D eigenvalue weighted by Crippen LogP contribution is -2.25. The van der Waals surface area contributed by atoms with Crippen LogP contribution < -0.4 is 0 Å². The summed E-state index contributed by atoms with van der Waals surface area (Å²) in [6, 6.07) is 3.70. The van der Waals surface area contributed by atoms with E-state index in [1.165, 1.54) is 77.0 Å². The smallest absolute Gasteiger partial charge is 0.162 e. The van der Waals surface area contributed by atoms with Crippen molar-refractivity contribution in [2.24, 2.45) is 17.8 Å². The highest BCUT2D eigenvalue weighted by atomic mass is 19.2. The molecule has 1 aromatic carbocycles. The lowest BCUT2D eigenvalue weighted by atomic mass is 9.68. The quantitative estimate of drug-likeness (QED) is 0.332. The highest BCUT2D eigenvalue weighted by Gasteiger charge is 2.32. The second-order valence-corrected chi connectivity index (χ2v) is 10.3. The van der Waals surface area contributed by atoms with Crippen LogP contribution in [0.15, 0.2) is 12.1 Å². The molecule has 1 aromatic rings. The van der Waals surface area contributed by atoms with Gasteiger partial charge in [0.05, 0.1) is 0 Å². The Morgan fingerprint density at radius 1 is 0.700 bits per heavy atom. The summed E-state index contributed by atoms with van der Waals surface area (Å²) in [5.74, 6) is 1.73. The number of hydrogen-bond donors (Lipinski definition) is 0. The van der Waals surface area contributed by atoms with Crippen LogP contribution in [0.25, 0.3) is 0 Å². The van der Waals surface area contributed by atoms with E-state index >= 15 is 0 Å². The summed E-state index contributed by atoms with van der Waals surface area (Å²) < 4.78 is 29.0. The Balaban J connectivity index is 1.42. The van der Waals surface area contributed by atoms with E-state index in [0.29, 0.717) is 17.5 Å². The van der Waals surface area contributed by atoms with Gasteiger partial charge >= 0.3 is 0 Å². The molecule has 2 aliphatic carbocycles. The molecule has 0 saturated heterocycles. The number of unbranched alkanes of at least 4 members (excludes halogenated alkanes) is 4. The highest BCUT2D eigenvalue weighted by molar-refractivity contribution is 5.29. The van der Waals surface area contributed by atoms with Crippen molar-refractivity contribution in [3.05, 3.63) is 34.9 Å². The zero-order valence-electron chi connectivity index (χ0n) is 19.5. The third-order valence-electron chi connectivity index (χ3n) is 8.20. The molecule has 0 radical (unpaired) electrons. The zero-order chi connectivity index (χ0) is 21.3. The number of hydrogen-bond acceptors (Lipinski definition) is 0. The second-order valence-electron chi connectivity index (χ2n) is 10.3. The van der Waals surface area contributed by atoms with Crippen molar-refractivity contribution in [1.82, 2.24) is 0 Å². The third kappa shape index (κ3) is 6.30. The van der Waals surface area contributed by atoms with Gasteiger partial charge in [0.1, 0.15) is 0 Å². The molecular formula is C28H44F2. The molecule has 0 nitrogen and oxygen atoms in total. The number of aryl methyl sites for hydroxylation is 1. The molecule has 0 spiro atoms. The Morgan fingerprint density at radius 3 is 1.97 bits per heavy atom. The van der Waals surface area contributed by atoms with E-state index in [1.807, 2.05) is 19.1 Å². The van der Waals surface area contributed by atoms with Gasteiger partial charge in [0.25, 0.3) is 0 Å². The molecule has 0 aromatic heterocycles. The molecule has 30 heavy (non-hydrogen) atoms. The molecular weight excluding hydrogens is 374 g/mol. The van der Waals surface area contributed by atoms with Crippen LogP contribution in [0.2, 0.25) is 0 Å². The van der Waals surface area contributed by atoms with Crippen LogP contribution in [-0.2, 0) is 6.42 Å². The van der Waals surface area contributed by atoms with Crippen LogP contribution in [0, 0.1) is 29.4 Å². The Bertz CT molecular complexity index is 622. The molecule has 2 aliphatic rings. The van der Waals surface area contributed by atoms with Gasteiger partial charge in [0.2, 0.25) is 0 Å². The molecule has 0 amide bonds. The monoisotopic (exact) mass is 418 g/mol. The third-order valence-corrected chi connectivity index (χ3v) is 8.20.